The summed E-state index contributed by atoms with van der Waals surface area (Å²) in [7, 11) is 0. The van der Waals surface area contributed by atoms with E-state index >= 15 is 0 Å². The molecule has 0 aliphatic carbocycles. The van der Waals surface area contributed by atoms with E-state index in [2.05, 4.69) is 9.98 Å². The molecule has 170 valence electrons. The number of carboxylic acid groups (broad SMARTS) is 2. The van der Waals surface area contributed by atoms with Gasteiger partial charge in [0.15, 0.2) is 0 Å². The predicted octanol–water partition coefficient (Wildman–Crippen LogP) is 3.99. The van der Waals surface area contributed by atoms with Crippen LogP contribution in [0.5, 0.6) is 11.5 Å². The van der Waals surface area contributed by atoms with Gasteiger partial charge >= 0.3 is 11.9 Å². The van der Waals surface area contributed by atoms with Crippen LogP contribution in [-0.2, 0) is 33.0 Å². The number of aliphatic imine (C=N–C) groups is 2. The summed E-state index contributed by atoms with van der Waals surface area (Å²) in [5, 5.41) is 38.4. The van der Waals surface area contributed by atoms with Gasteiger partial charge in [0.25, 0.3) is 0 Å². The SMILES string of the molecule is O=C(O)c1cccc(C=Nc2ccccc2N=Cc2cccc(C(=O)O)c2O)c1O.[Ni].[Ni]. The largest absolute Gasteiger partial charge is 0.506 e. The van der Waals surface area contributed by atoms with E-state index in [9.17, 15) is 19.8 Å². The van der Waals surface area contributed by atoms with Crippen LogP contribution in [-0.4, -0.2) is 44.8 Å². The number of carboxylic acids is 2. The minimum atomic E-state index is -1.25. The van der Waals surface area contributed by atoms with E-state index in [-0.39, 0.29) is 55.2 Å². The Balaban J connectivity index is 0.00000256. The van der Waals surface area contributed by atoms with Gasteiger partial charge in [-0.05, 0) is 36.4 Å². The molecule has 0 aliphatic heterocycles. The Kier molecular flexibility index (Phi) is 9.79. The summed E-state index contributed by atoms with van der Waals surface area (Å²) in [6.45, 7) is 0. The number of hydrogen-bond acceptors (Lipinski definition) is 6. The second-order valence-corrected chi connectivity index (χ2v) is 6.10. The molecule has 0 bridgehead atoms. The van der Waals surface area contributed by atoms with Crippen LogP contribution in [0.3, 0.4) is 0 Å². The second kappa shape index (κ2) is 11.8. The van der Waals surface area contributed by atoms with Crippen molar-refractivity contribution in [3.8, 4) is 11.5 Å². The molecule has 0 heterocycles. The number of carbonyl (C=O) groups is 2. The number of hydrogen-bond donors (Lipinski definition) is 4. The molecule has 0 fully saturated rings. The molecule has 3 aromatic rings. The van der Waals surface area contributed by atoms with Gasteiger partial charge in [-0.25, -0.2) is 9.59 Å². The molecule has 10 heteroatoms. The van der Waals surface area contributed by atoms with E-state index in [0.717, 1.165) is 0 Å². The van der Waals surface area contributed by atoms with Crippen molar-refractivity contribution in [1.29, 1.82) is 0 Å². The van der Waals surface area contributed by atoms with Gasteiger partial charge in [-0.3, -0.25) is 9.98 Å². The smallest absolute Gasteiger partial charge is 0.339 e. The third-order valence-corrected chi connectivity index (χ3v) is 4.16. The zero-order valence-corrected chi connectivity index (χ0v) is 18.0. The second-order valence-electron chi connectivity index (χ2n) is 6.10. The summed E-state index contributed by atoms with van der Waals surface area (Å²) in [6, 6.07) is 15.4. The Hall–Kier alpha value is -3.47. The summed E-state index contributed by atoms with van der Waals surface area (Å²) in [5.74, 6) is -3.30. The molecule has 0 saturated carbocycles. The number of phenols is 2. The molecule has 0 aromatic heterocycles. The van der Waals surface area contributed by atoms with Crippen molar-refractivity contribution >= 4 is 35.7 Å². The number of aromatic carboxylic acids is 2. The van der Waals surface area contributed by atoms with Crippen molar-refractivity contribution < 1.29 is 63.0 Å². The summed E-state index contributed by atoms with van der Waals surface area (Å²) < 4.78 is 0. The molecular weight excluding hydrogens is 506 g/mol. The average molecular weight is 522 g/mol. The minimum absolute atomic E-state index is 0. The molecule has 0 unspecified atom stereocenters. The van der Waals surface area contributed by atoms with Crippen molar-refractivity contribution in [2.75, 3.05) is 0 Å². The topological polar surface area (TPSA) is 140 Å². The molecule has 0 saturated heterocycles. The first-order chi connectivity index (χ1) is 14.4. The number of para-hydroxylation sites is 4. The van der Waals surface area contributed by atoms with Gasteiger partial charge in [0.05, 0.1) is 11.4 Å². The van der Waals surface area contributed by atoms with Crippen LogP contribution >= 0.6 is 0 Å². The molecule has 8 nitrogen and oxygen atoms in total. The van der Waals surface area contributed by atoms with Crippen LogP contribution in [0.1, 0.15) is 31.8 Å². The summed E-state index contributed by atoms with van der Waals surface area (Å²) in [6.07, 6.45) is 2.64. The molecule has 0 radical (unpaired) electrons. The van der Waals surface area contributed by atoms with Gasteiger partial charge in [-0.1, -0.05) is 24.3 Å². The van der Waals surface area contributed by atoms with E-state index in [4.69, 9.17) is 10.2 Å². The standard InChI is InChI=1S/C22H16N2O6.2Ni/c25-19-13(5-3-7-15(19)21(27)28)11-23-17-9-1-2-10-18(17)24-12-14-6-4-8-16(20(14)26)22(29)30;;/h1-12,25-26H,(H,27,28)(H,29,30);;. The molecule has 3 rings (SSSR count). The first-order valence-corrected chi connectivity index (χ1v) is 8.66. The normalized spacial score (nSPS) is 10.5. The Morgan fingerprint density at radius 3 is 1.34 bits per heavy atom. The van der Waals surface area contributed by atoms with Crippen molar-refractivity contribution in [2.24, 2.45) is 9.98 Å². The van der Waals surface area contributed by atoms with E-state index in [0.29, 0.717) is 11.4 Å². The molecule has 0 aliphatic rings. The van der Waals surface area contributed by atoms with Crippen LogP contribution in [0, 0.1) is 0 Å². The number of nitrogens with zero attached hydrogens (tertiary/aromatic N) is 2. The van der Waals surface area contributed by atoms with Crippen LogP contribution < -0.4 is 0 Å². The summed E-state index contributed by atoms with van der Waals surface area (Å²) in [5.41, 5.74) is 0.810. The van der Waals surface area contributed by atoms with Crippen LogP contribution in [0.25, 0.3) is 0 Å². The Bertz CT molecular complexity index is 1100. The first-order valence-electron chi connectivity index (χ1n) is 8.66. The monoisotopic (exact) mass is 520 g/mol. The van der Waals surface area contributed by atoms with Gasteiger partial charge in [0.2, 0.25) is 0 Å². The Morgan fingerprint density at radius 1 is 0.625 bits per heavy atom. The molecule has 4 N–H and O–H groups in total. The number of benzene rings is 3. The number of rotatable bonds is 6. The summed E-state index contributed by atoms with van der Waals surface area (Å²) in [4.78, 5) is 30.8. The first kappa shape index (κ1) is 26.6. The fourth-order valence-electron chi connectivity index (χ4n) is 2.64. The van der Waals surface area contributed by atoms with E-state index in [1.54, 1.807) is 24.3 Å². The maximum Gasteiger partial charge on any atom is 0.339 e. The molecule has 32 heavy (non-hydrogen) atoms. The molecule has 3 aromatic carbocycles. The summed E-state index contributed by atoms with van der Waals surface area (Å²) >= 11 is 0. The maximum absolute atomic E-state index is 11.1. The van der Waals surface area contributed by atoms with Gasteiger partial charge < -0.3 is 20.4 Å². The van der Waals surface area contributed by atoms with Crippen molar-refractivity contribution in [3.05, 3.63) is 82.9 Å². The number of aromatic hydroxyl groups is 2. The zero-order valence-electron chi connectivity index (χ0n) is 16.1. The molecule has 0 atom stereocenters. The van der Waals surface area contributed by atoms with Crippen LogP contribution in [0.2, 0.25) is 0 Å². The third kappa shape index (κ3) is 6.03. The average Bonchev–Trinajstić information content (AvgIpc) is 2.72. The Labute approximate surface area is 202 Å². The minimum Gasteiger partial charge on any atom is -0.506 e. The van der Waals surface area contributed by atoms with Crippen molar-refractivity contribution in [1.82, 2.24) is 0 Å². The third-order valence-electron chi connectivity index (χ3n) is 4.16. The van der Waals surface area contributed by atoms with E-state index in [1.165, 1.54) is 48.8 Å². The quantitative estimate of drug-likeness (QED) is 0.286. The van der Waals surface area contributed by atoms with Gasteiger partial charge in [0.1, 0.15) is 22.6 Å². The fraction of sp³-hybridized carbons (Fsp3) is 0. The van der Waals surface area contributed by atoms with Gasteiger partial charge in [0, 0.05) is 56.5 Å². The molecule has 0 amide bonds. The van der Waals surface area contributed by atoms with Crippen LogP contribution in [0.4, 0.5) is 11.4 Å². The van der Waals surface area contributed by atoms with E-state index in [1.807, 2.05) is 0 Å². The maximum atomic E-state index is 11.1. The van der Waals surface area contributed by atoms with Gasteiger partial charge in [-0.15, -0.1) is 0 Å². The van der Waals surface area contributed by atoms with Crippen LogP contribution in [0.15, 0.2) is 70.6 Å². The molecule has 0 spiro atoms. The van der Waals surface area contributed by atoms with Crippen molar-refractivity contribution in [2.45, 2.75) is 0 Å². The van der Waals surface area contributed by atoms with Gasteiger partial charge in [-0.2, -0.15) is 0 Å². The van der Waals surface area contributed by atoms with Crippen molar-refractivity contribution in [3.63, 3.8) is 0 Å². The fourth-order valence-corrected chi connectivity index (χ4v) is 2.64. The predicted molar refractivity (Wildman–Crippen MR) is 111 cm³/mol. The molecular formula is C22H16N2Ni2O6. The zero-order chi connectivity index (χ0) is 21.7. The van der Waals surface area contributed by atoms with E-state index < -0.39 is 23.4 Å². The Morgan fingerprint density at radius 2 is 1.00 bits per heavy atom.